The molecule has 1 aromatic heterocycles. The van der Waals surface area contributed by atoms with E-state index in [2.05, 4.69) is 20.6 Å². The van der Waals surface area contributed by atoms with E-state index >= 15 is 0 Å². The quantitative estimate of drug-likeness (QED) is 0.858. The average molecular weight is 339 g/mol. The predicted molar refractivity (Wildman–Crippen MR) is 89.2 cm³/mol. The minimum Gasteiger partial charge on any atom is -0.376 e. The van der Waals surface area contributed by atoms with Crippen LogP contribution in [0.4, 0.5) is 17.3 Å². The fraction of sp³-hybridized carbons (Fsp3) is 0.333. The van der Waals surface area contributed by atoms with Gasteiger partial charge in [0.25, 0.3) is 0 Å². The maximum absolute atomic E-state index is 6.00. The molecular formula is C15H16Cl2N4O. The number of halogens is 2. The Labute approximate surface area is 139 Å². The standard InChI is InChI=1S/C15H16Cl2N4O/c16-12-4-3-10(6-13(12)17)21-15-7-14(19-9-20-15)18-8-11-2-1-5-22-11/h3-4,6-7,9,11H,1-2,5,8H2,(H2,18,19,20,21). The van der Waals surface area contributed by atoms with Crippen LogP contribution in [0.15, 0.2) is 30.6 Å². The van der Waals surface area contributed by atoms with Gasteiger partial charge in [-0.15, -0.1) is 0 Å². The van der Waals surface area contributed by atoms with Crippen LogP contribution in [0.1, 0.15) is 12.8 Å². The molecule has 1 unspecified atom stereocenters. The van der Waals surface area contributed by atoms with E-state index in [1.165, 1.54) is 6.33 Å². The fourth-order valence-electron chi connectivity index (χ4n) is 2.27. The zero-order valence-corrected chi connectivity index (χ0v) is 13.4. The van der Waals surface area contributed by atoms with Crippen molar-refractivity contribution in [2.75, 3.05) is 23.8 Å². The van der Waals surface area contributed by atoms with E-state index in [0.717, 1.165) is 37.5 Å². The number of nitrogens with zero attached hydrogens (tertiary/aromatic N) is 2. The minimum absolute atomic E-state index is 0.265. The van der Waals surface area contributed by atoms with E-state index < -0.39 is 0 Å². The molecule has 7 heteroatoms. The molecule has 0 saturated carbocycles. The fourth-order valence-corrected chi connectivity index (χ4v) is 2.57. The van der Waals surface area contributed by atoms with E-state index in [-0.39, 0.29) is 6.10 Å². The Morgan fingerprint density at radius 3 is 2.77 bits per heavy atom. The lowest BCUT2D eigenvalue weighted by Crippen LogP contribution is -2.19. The maximum atomic E-state index is 6.00. The third kappa shape index (κ3) is 4.00. The van der Waals surface area contributed by atoms with Gasteiger partial charge in [0.15, 0.2) is 0 Å². The van der Waals surface area contributed by atoms with Crippen LogP contribution in [0.2, 0.25) is 10.0 Å². The Balaban J connectivity index is 1.63. The lowest BCUT2D eigenvalue weighted by Gasteiger charge is -2.12. The summed E-state index contributed by atoms with van der Waals surface area (Å²) >= 11 is 11.9. The zero-order valence-electron chi connectivity index (χ0n) is 11.9. The first-order valence-electron chi connectivity index (χ1n) is 7.10. The Morgan fingerprint density at radius 1 is 1.14 bits per heavy atom. The third-order valence-electron chi connectivity index (χ3n) is 3.39. The summed E-state index contributed by atoms with van der Waals surface area (Å²) in [5.74, 6) is 1.44. The largest absolute Gasteiger partial charge is 0.376 e. The van der Waals surface area contributed by atoms with Gasteiger partial charge in [-0.05, 0) is 31.0 Å². The van der Waals surface area contributed by atoms with Gasteiger partial charge in [0.1, 0.15) is 18.0 Å². The number of rotatable bonds is 5. The molecule has 0 aliphatic carbocycles. The molecule has 0 radical (unpaired) electrons. The van der Waals surface area contributed by atoms with Crippen LogP contribution in [-0.4, -0.2) is 29.2 Å². The van der Waals surface area contributed by atoms with E-state index in [9.17, 15) is 0 Å². The molecule has 116 valence electrons. The summed E-state index contributed by atoms with van der Waals surface area (Å²) in [6.45, 7) is 1.60. The molecule has 5 nitrogen and oxygen atoms in total. The van der Waals surface area contributed by atoms with Crippen LogP contribution in [0.25, 0.3) is 0 Å². The second-order valence-electron chi connectivity index (χ2n) is 5.06. The summed E-state index contributed by atoms with van der Waals surface area (Å²) in [6.07, 6.45) is 3.99. The van der Waals surface area contributed by atoms with Gasteiger partial charge in [-0.3, -0.25) is 0 Å². The first-order valence-corrected chi connectivity index (χ1v) is 7.86. The van der Waals surface area contributed by atoms with Crippen molar-refractivity contribution in [3.8, 4) is 0 Å². The number of hydrogen-bond acceptors (Lipinski definition) is 5. The van der Waals surface area contributed by atoms with E-state index in [4.69, 9.17) is 27.9 Å². The van der Waals surface area contributed by atoms with Gasteiger partial charge in [0, 0.05) is 24.9 Å². The highest BCUT2D eigenvalue weighted by Crippen LogP contribution is 2.26. The number of ether oxygens (including phenoxy) is 1. The van der Waals surface area contributed by atoms with Crippen molar-refractivity contribution in [2.45, 2.75) is 18.9 Å². The molecule has 2 aromatic rings. The summed E-state index contributed by atoms with van der Waals surface area (Å²) in [5, 5.41) is 7.46. The number of aromatic nitrogens is 2. The lowest BCUT2D eigenvalue weighted by atomic mass is 10.2. The van der Waals surface area contributed by atoms with Crippen LogP contribution in [-0.2, 0) is 4.74 Å². The average Bonchev–Trinajstić information content (AvgIpc) is 3.03. The molecule has 0 bridgehead atoms. The van der Waals surface area contributed by atoms with Crippen molar-refractivity contribution >= 4 is 40.5 Å². The van der Waals surface area contributed by atoms with E-state index in [1.807, 2.05) is 12.1 Å². The lowest BCUT2D eigenvalue weighted by molar-refractivity contribution is 0.120. The highest BCUT2D eigenvalue weighted by molar-refractivity contribution is 6.42. The maximum Gasteiger partial charge on any atom is 0.135 e. The van der Waals surface area contributed by atoms with Gasteiger partial charge >= 0.3 is 0 Å². The number of anilines is 3. The topological polar surface area (TPSA) is 59.1 Å². The van der Waals surface area contributed by atoms with Crippen LogP contribution in [0.5, 0.6) is 0 Å². The Morgan fingerprint density at radius 2 is 2.00 bits per heavy atom. The van der Waals surface area contributed by atoms with Gasteiger partial charge in [0.05, 0.1) is 16.1 Å². The van der Waals surface area contributed by atoms with Crippen LogP contribution < -0.4 is 10.6 Å². The minimum atomic E-state index is 0.265. The molecule has 1 aliphatic rings. The second kappa shape index (κ2) is 7.13. The molecule has 1 aliphatic heterocycles. The van der Waals surface area contributed by atoms with Crippen molar-refractivity contribution in [2.24, 2.45) is 0 Å². The van der Waals surface area contributed by atoms with Crippen molar-refractivity contribution in [3.63, 3.8) is 0 Å². The summed E-state index contributed by atoms with van der Waals surface area (Å²) in [5.41, 5.74) is 0.818. The highest BCUT2D eigenvalue weighted by atomic mass is 35.5. The molecule has 2 heterocycles. The number of nitrogens with one attached hydrogen (secondary N) is 2. The van der Waals surface area contributed by atoms with Crippen molar-refractivity contribution in [3.05, 3.63) is 40.6 Å². The monoisotopic (exact) mass is 338 g/mol. The normalized spacial score (nSPS) is 17.5. The van der Waals surface area contributed by atoms with Crippen LogP contribution in [0.3, 0.4) is 0 Å². The summed E-state index contributed by atoms with van der Waals surface area (Å²) in [7, 11) is 0. The Hall–Kier alpha value is -1.56. The molecular weight excluding hydrogens is 323 g/mol. The summed E-state index contributed by atoms with van der Waals surface area (Å²) in [4.78, 5) is 8.41. The molecule has 1 saturated heterocycles. The molecule has 1 fully saturated rings. The number of benzene rings is 1. The van der Waals surface area contributed by atoms with Gasteiger partial charge in [-0.1, -0.05) is 23.2 Å². The number of hydrogen-bond donors (Lipinski definition) is 2. The van der Waals surface area contributed by atoms with Crippen molar-refractivity contribution < 1.29 is 4.74 Å². The van der Waals surface area contributed by atoms with Gasteiger partial charge in [-0.2, -0.15) is 0 Å². The molecule has 1 atom stereocenters. The van der Waals surface area contributed by atoms with Crippen molar-refractivity contribution in [1.29, 1.82) is 0 Å². The van der Waals surface area contributed by atoms with Gasteiger partial charge in [0.2, 0.25) is 0 Å². The van der Waals surface area contributed by atoms with Gasteiger partial charge < -0.3 is 15.4 Å². The molecule has 1 aromatic carbocycles. The van der Waals surface area contributed by atoms with Crippen LogP contribution >= 0.6 is 23.2 Å². The van der Waals surface area contributed by atoms with E-state index in [0.29, 0.717) is 15.9 Å². The third-order valence-corrected chi connectivity index (χ3v) is 4.13. The zero-order chi connectivity index (χ0) is 15.4. The second-order valence-corrected chi connectivity index (χ2v) is 5.87. The Bertz CT molecular complexity index is 647. The molecule has 2 N–H and O–H groups in total. The predicted octanol–water partition coefficient (Wildman–Crippen LogP) is 4.12. The van der Waals surface area contributed by atoms with Gasteiger partial charge in [-0.25, -0.2) is 9.97 Å². The molecule has 22 heavy (non-hydrogen) atoms. The first kappa shape index (κ1) is 15.3. The molecule has 0 spiro atoms. The smallest absolute Gasteiger partial charge is 0.135 e. The van der Waals surface area contributed by atoms with E-state index in [1.54, 1.807) is 12.1 Å². The Kier molecular flexibility index (Phi) is 4.97. The summed E-state index contributed by atoms with van der Waals surface area (Å²) < 4.78 is 5.58. The van der Waals surface area contributed by atoms with Crippen molar-refractivity contribution in [1.82, 2.24) is 9.97 Å². The molecule has 3 rings (SSSR count). The van der Waals surface area contributed by atoms with Crippen LogP contribution in [0, 0.1) is 0 Å². The highest BCUT2D eigenvalue weighted by Gasteiger charge is 2.15. The molecule has 0 amide bonds. The first-order chi connectivity index (χ1) is 10.7. The summed E-state index contributed by atoms with van der Waals surface area (Å²) in [6, 6.07) is 7.18. The SMILES string of the molecule is Clc1ccc(Nc2cc(NCC3CCCO3)ncn2)cc1Cl.